The van der Waals surface area contributed by atoms with Gasteiger partial charge in [0.15, 0.2) is 0 Å². The van der Waals surface area contributed by atoms with Crippen molar-refractivity contribution >= 4 is 27.1 Å². The first-order chi connectivity index (χ1) is 12.7. The van der Waals surface area contributed by atoms with E-state index in [1.807, 2.05) is 11.4 Å². The van der Waals surface area contributed by atoms with E-state index in [0.717, 1.165) is 49.5 Å². The van der Waals surface area contributed by atoms with Gasteiger partial charge in [0, 0.05) is 21.9 Å². The van der Waals surface area contributed by atoms with E-state index in [-0.39, 0.29) is 11.2 Å². The van der Waals surface area contributed by atoms with Crippen LogP contribution in [0.3, 0.4) is 0 Å². The molecule has 4 rings (SSSR count). The van der Waals surface area contributed by atoms with Crippen LogP contribution in [-0.2, 0) is 6.42 Å². The van der Waals surface area contributed by atoms with Crippen molar-refractivity contribution in [3.05, 3.63) is 75.5 Å². The number of piperazine rings is 1. The van der Waals surface area contributed by atoms with E-state index in [2.05, 4.69) is 29.2 Å². The third kappa shape index (κ3) is 3.64. The molecule has 1 aromatic heterocycles. The zero-order valence-electron chi connectivity index (χ0n) is 14.6. The van der Waals surface area contributed by atoms with Gasteiger partial charge in [-0.05, 0) is 23.8 Å². The molecule has 2 heterocycles. The fourth-order valence-corrected chi connectivity index (χ4v) is 4.51. The Labute approximate surface area is 156 Å². The largest absolute Gasteiger partial charge is 0.356 e. The Kier molecular flexibility index (Phi) is 5.00. The van der Waals surface area contributed by atoms with Crippen LogP contribution >= 0.6 is 11.3 Å². The van der Waals surface area contributed by atoms with Gasteiger partial charge in [0.1, 0.15) is 5.82 Å². The van der Waals surface area contributed by atoms with E-state index < -0.39 is 0 Å². The van der Waals surface area contributed by atoms with Gasteiger partial charge >= 0.3 is 0 Å². The molecule has 0 aliphatic carbocycles. The first-order valence-corrected chi connectivity index (χ1v) is 9.92. The zero-order chi connectivity index (χ0) is 17.9. The fourth-order valence-electron chi connectivity index (χ4n) is 3.59. The molecule has 1 saturated heterocycles. The molecule has 0 amide bonds. The Hall–Kier alpha value is -2.24. The summed E-state index contributed by atoms with van der Waals surface area (Å²) < 4.78 is 14.4. The maximum Gasteiger partial charge on any atom is 0.211 e. The van der Waals surface area contributed by atoms with Crippen molar-refractivity contribution in [3.63, 3.8) is 0 Å². The van der Waals surface area contributed by atoms with Crippen molar-refractivity contribution in [3.8, 4) is 0 Å². The second-order valence-electron chi connectivity index (χ2n) is 6.81. The van der Waals surface area contributed by atoms with Crippen LogP contribution < -0.4 is 15.2 Å². The number of benzene rings is 2. The molecule has 1 fully saturated rings. The predicted molar refractivity (Wildman–Crippen MR) is 106 cm³/mol. The second-order valence-corrected chi connectivity index (χ2v) is 7.72. The molecule has 0 radical (unpaired) electrons. The van der Waals surface area contributed by atoms with Gasteiger partial charge in [-0.2, -0.15) is 0 Å². The minimum Gasteiger partial charge on any atom is -0.356 e. The number of hydrogen-bond acceptors (Lipinski definition) is 3. The molecule has 3 nitrogen and oxygen atoms in total. The lowest BCUT2D eigenvalue weighted by molar-refractivity contribution is -0.900. The van der Waals surface area contributed by atoms with Crippen molar-refractivity contribution in [1.29, 1.82) is 0 Å². The summed E-state index contributed by atoms with van der Waals surface area (Å²) in [6.07, 6.45) is 1.08. The number of quaternary nitrogens is 1. The third-order valence-electron chi connectivity index (χ3n) is 5.14. The van der Waals surface area contributed by atoms with Crippen LogP contribution in [0.1, 0.15) is 5.56 Å². The molecule has 0 bridgehead atoms. The highest BCUT2D eigenvalue weighted by Gasteiger charge is 2.22. The number of nitrogens with one attached hydrogen (secondary N) is 1. The van der Waals surface area contributed by atoms with Crippen LogP contribution in [0.25, 0.3) is 10.1 Å². The normalized spacial score (nSPS) is 15.5. The highest BCUT2D eigenvalue weighted by atomic mass is 32.1. The summed E-state index contributed by atoms with van der Waals surface area (Å²) >= 11 is 1.51. The maximum atomic E-state index is 13.5. The molecule has 0 spiro atoms. The zero-order valence-corrected chi connectivity index (χ0v) is 15.4. The highest BCUT2D eigenvalue weighted by molar-refractivity contribution is 7.16. The van der Waals surface area contributed by atoms with E-state index in [4.69, 9.17) is 0 Å². The number of halogens is 1. The van der Waals surface area contributed by atoms with E-state index in [0.29, 0.717) is 5.39 Å². The molecule has 0 saturated carbocycles. The third-order valence-corrected chi connectivity index (χ3v) is 6.09. The van der Waals surface area contributed by atoms with Crippen molar-refractivity contribution < 1.29 is 9.29 Å². The summed E-state index contributed by atoms with van der Waals surface area (Å²) in [6.45, 7) is 4.91. The summed E-state index contributed by atoms with van der Waals surface area (Å²) in [7, 11) is 0. The van der Waals surface area contributed by atoms with Crippen LogP contribution in [0, 0.1) is 5.82 Å². The van der Waals surface area contributed by atoms with Crippen molar-refractivity contribution in [2.24, 2.45) is 0 Å². The smallest absolute Gasteiger partial charge is 0.211 e. The summed E-state index contributed by atoms with van der Waals surface area (Å²) in [6, 6.07) is 15.0. The van der Waals surface area contributed by atoms with Crippen LogP contribution in [0.15, 0.2) is 58.7 Å². The molecular formula is C21H22FN2OS+. The highest BCUT2D eigenvalue weighted by Crippen LogP contribution is 2.22. The van der Waals surface area contributed by atoms with Crippen LogP contribution in [-0.4, -0.2) is 32.7 Å². The van der Waals surface area contributed by atoms with Gasteiger partial charge in [0.25, 0.3) is 0 Å². The average Bonchev–Trinajstić information content (AvgIpc) is 2.68. The van der Waals surface area contributed by atoms with Gasteiger partial charge < -0.3 is 9.80 Å². The molecular weight excluding hydrogens is 347 g/mol. The molecule has 0 atom stereocenters. The summed E-state index contributed by atoms with van der Waals surface area (Å²) in [4.78, 5) is 16.5. The molecule has 0 unspecified atom stereocenters. The van der Waals surface area contributed by atoms with E-state index in [1.165, 1.54) is 29.0 Å². The van der Waals surface area contributed by atoms with E-state index >= 15 is 0 Å². The molecule has 26 heavy (non-hydrogen) atoms. The van der Waals surface area contributed by atoms with Gasteiger partial charge in [-0.3, -0.25) is 4.79 Å². The lowest BCUT2D eigenvalue weighted by Gasteiger charge is -2.33. The van der Waals surface area contributed by atoms with Crippen LogP contribution in [0.2, 0.25) is 0 Å². The lowest BCUT2D eigenvalue weighted by atomic mass is 10.1. The number of nitrogens with zero attached hydrogens (tertiary/aromatic N) is 1. The first-order valence-electron chi connectivity index (χ1n) is 9.04. The predicted octanol–water partition coefficient (Wildman–Crippen LogP) is 2.35. The van der Waals surface area contributed by atoms with Crippen molar-refractivity contribution in [2.45, 2.75) is 6.42 Å². The minimum atomic E-state index is -0.353. The number of anilines is 1. The second kappa shape index (κ2) is 7.56. The van der Waals surface area contributed by atoms with Gasteiger partial charge in [-0.1, -0.05) is 30.3 Å². The Morgan fingerprint density at radius 1 is 1.08 bits per heavy atom. The van der Waals surface area contributed by atoms with Crippen LogP contribution in [0.4, 0.5) is 10.1 Å². The molecule has 1 N–H and O–H groups in total. The topological polar surface area (TPSA) is 24.8 Å². The van der Waals surface area contributed by atoms with E-state index in [9.17, 15) is 9.18 Å². The molecule has 5 heteroatoms. The Morgan fingerprint density at radius 3 is 2.62 bits per heavy atom. The molecule has 2 aromatic carbocycles. The van der Waals surface area contributed by atoms with Crippen LogP contribution in [0.5, 0.6) is 0 Å². The molecule has 1 aliphatic heterocycles. The summed E-state index contributed by atoms with van der Waals surface area (Å²) in [5, 5.41) is 2.42. The van der Waals surface area contributed by atoms with Gasteiger partial charge in [0.2, 0.25) is 5.43 Å². The average molecular weight is 369 g/mol. The van der Waals surface area contributed by atoms with Crippen molar-refractivity contribution in [2.75, 3.05) is 37.6 Å². The van der Waals surface area contributed by atoms with Crippen molar-refractivity contribution in [1.82, 2.24) is 0 Å². The summed E-state index contributed by atoms with van der Waals surface area (Å²) in [5.41, 5.74) is 2.05. The first kappa shape index (κ1) is 17.2. The quantitative estimate of drug-likeness (QED) is 0.764. The standard InChI is InChI=1S/C21H21FN2OS/c22-17-6-7-20-18(14-17)21(25)19(15-26-20)24-12-10-23(11-13-24)9-8-16-4-2-1-3-5-16/h1-7,14-15H,8-13H2/p+1. The van der Waals surface area contributed by atoms with E-state index in [1.54, 1.807) is 11.0 Å². The number of fused-ring (bicyclic) bond motifs is 1. The fraction of sp³-hybridized carbons (Fsp3) is 0.286. The SMILES string of the molecule is O=c1c(N2CC[NH+](CCc3ccccc3)CC2)csc2ccc(F)cc12. The molecule has 3 aromatic rings. The number of rotatable bonds is 4. The minimum absolute atomic E-state index is 0.0500. The Morgan fingerprint density at radius 2 is 1.85 bits per heavy atom. The van der Waals surface area contributed by atoms with Gasteiger partial charge in [0.05, 0.1) is 38.4 Å². The monoisotopic (exact) mass is 369 g/mol. The Balaban J connectivity index is 1.42. The molecule has 1 aliphatic rings. The number of hydrogen-bond donors (Lipinski definition) is 1. The maximum absolute atomic E-state index is 13.5. The lowest BCUT2D eigenvalue weighted by Crippen LogP contribution is -3.15. The van der Waals surface area contributed by atoms with Gasteiger partial charge in [-0.15, -0.1) is 11.3 Å². The Bertz CT molecular complexity index is 949. The molecule has 134 valence electrons. The van der Waals surface area contributed by atoms with Gasteiger partial charge in [-0.25, -0.2) is 4.39 Å². The summed E-state index contributed by atoms with van der Waals surface area (Å²) in [5.74, 6) is -0.353.